The second-order valence-electron chi connectivity index (χ2n) is 4.54. The molecule has 0 radical (unpaired) electrons. The van der Waals surface area contributed by atoms with Gasteiger partial charge in [0.15, 0.2) is 5.75 Å². The highest BCUT2D eigenvalue weighted by Gasteiger charge is 2.45. The van der Waals surface area contributed by atoms with Crippen LogP contribution in [0.1, 0.15) is 0 Å². The summed E-state index contributed by atoms with van der Waals surface area (Å²) >= 11 is 0. The van der Waals surface area contributed by atoms with E-state index in [1.54, 1.807) is 0 Å². The third-order valence-corrected chi connectivity index (χ3v) is 3.15. The summed E-state index contributed by atoms with van der Waals surface area (Å²) in [6.45, 7) is -0.609. The molecule has 0 aromatic heterocycles. The highest BCUT2D eigenvalue weighted by Crippen LogP contribution is 2.30. The monoisotopic (exact) mass is 302 g/mol. The molecule has 1 aromatic carbocycles. The molecule has 2 rings (SSSR count). The molecule has 1 heterocycles. The molecule has 0 saturated carbocycles. The molecule has 1 aromatic rings. The van der Waals surface area contributed by atoms with Crippen molar-refractivity contribution in [2.45, 2.75) is 30.7 Å². The standard InChI is InChI=1S/C12H15NO8/c14-5-8-9(15)10(16)11(17)12(21-8)20-7-4-2-1-3-6(7)13(18)19/h1-4,8-12,14-17H,5H2/t8-,9+,10+,11-,12-/m1/s1/i12+1. The normalized spacial score (nSPS) is 32.7. The molecular formula is C12H15NO8. The largest absolute Gasteiger partial charge is 0.455 e. The number of aliphatic hydroxyl groups excluding tert-OH is 4. The Kier molecular flexibility index (Phi) is 4.70. The molecule has 21 heavy (non-hydrogen) atoms. The third kappa shape index (κ3) is 3.12. The fourth-order valence-corrected chi connectivity index (χ4v) is 2.00. The summed E-state index contributed by atoms with van der Waals surface area (Å²) in [6, 6.07) is 5.45. The number of nitro groups is 1. The number of hydrogen-bond acceptors (Lipinski definition) is 8. The zero-order valence-electron chi connectivity index (χ0n) is 10.8. The number of nitrogens with zero attached hydrogens (tertiary/aromatic N) is 1. The van der Waals surface area contributed by atoms with Crippen molar-refractivity contribution in [1.29, 1.82) is 0 Å². The maximum atomic E-state index is 10.9. The Hall–Kier alpha value is -1.78. The molecule has 1 fully saturated rings. The summed E-state index contributed by atoms with van der Waals surface area (Å²) in [5.41, 5.74) is -0.338. The van der Waals surface area contributed by atoms with E-state index >= 15 is 0 Å². The Balaban J connectivity index is 2.20. The van der Waals surface area contributed by atoms with E-state index in [1.165, 1.54) is 24.3 Å². The van der Waals surface area contributed by atoms with Crippen LogP contribution >= 0.6 is 0 Å². The highest BCUT2D eigenvalue weighted by molar-refractivity contribution is 5.45. The van der Waals surface area contributed by atoms with Gasteiger partial charge in [0.2, 0.25) is 6.29 Å². The summed E-state index contributed by atoms with van der Waals surface area (Å²) in [6.07, 6.45) is -7.35. The van der Waals surface area contributed by atoms with Crippen molar-refractivity contribution in [3.63, 3.8) is 0 Å². The summed E-state index contributed by atoms with van der Waals surface area (Å²) in [7, 11) is 0. The first kappa shape index (κ1) is 15.6. The third-order valence-electron chi connectivity index (χ3n) is 3.15. The topological polar surface area (TPSA) is 143 Å². The van der Waals surface area contributed by atoms with Gasteiger partial charge in [0.25, 0.3) is 0 Å². The minimum atomic E-state index is -1.62. The van der Waals surface area contributed by atoms with Gasteiger partial charge in [0.05, 0.1) is 11.5 Å². The number of nitro benzene ring substituents is 1. The van der Waals surface area contributed by atoms with Crippen LogP contribution in [0.3, 0.4) is 0 Å². The first-order valence-electron chi connectivity index (χ1n) is 6.16. The van der Waals surface area contributed by atoms with Crippen LogP contribution in [0.2, 0.25) is 0 Å². The van der Waals surface area contributed by atoms with Crippen LogP contribution in [0, 0.1) is 10.1 Å². The van der Waals surface area contributed by atoms with Gasteiger partial charge in [-0.25, -0.2) is 0 Å². The SMILES string of the molecule is O=[N+]([O-])c1ccccc1O[13C@@H]1O[C@H](CO)[C@H](O)[C@H](O)[C@H]1O. The van der Waals surface area contributed by atoms with E-state index in [0.29, 0.717) is 0 Å². The van der Waals surface area contributed by atoms with E-state index in [0.717, 1.165) is 0 Å². The lowest BCUT2D eigenvalue weighted by atomic mass is 10.0. The lowest BCUT2D eigenvalue weighted by Crippen LogP contribution is -2.60. The molecule has 116 valence electrons. The molecule has 1 aliphatic rings. The van der Waals surface area contributed by atoms with Crippen LogP contribution in [-0.2, 0) is 4.74 Å². The summed E-state index contributed by atoms with van der Waals surface area (Å²) < 4.78 is 10.3. The Labute approximate surface area is 119 Å². The van der Waals surface area contributed by atoms with E-state index in [1.807, 2.05) is 0 Å². The van der Waals surface area contributed by atoms with Gasteiger partial charge in [-0.1, -0.05) is 12.1 Å². The smallest absolute Gasteiger partial charge is 0.311 e. The molecule has 1 saturated heterocycles. The van der Waals surface area contributed by atoms with Gasteiger partial charge in [-0.2, -0.15) is 0 Å². The predicted octanol–water partition coefficient (Wildman–Crippen LogP) is -1.23. The fraction of sp³-hybridized carbons (Fsp3) is 0.500. The van der Waals surface area contributed by atoms with Crippen LogP contribution in [0.25, 0.3) is 0 Å². The lowest BCUT2D eigenvalue weighted by Gasteiger charge is -2.39. The second-order valence-corrected chi connectivity index (χ2v) is 4.54. The first-order chi connectivity index (χ1) is 9.95. The molecular weight excluding hydrogens is 287 g/mol. The van der Waals surface area contributed by atoms with Crippen molar-refractivity contribution in [3.05, 3.63) is 34.4 Å². The van der Waals surface area contributed by atoms with Gasteiger partial charge in [-0.3, -0.25) is 10.1 Å². The lowest BCUT2D eigenvalue weighted by molar-refractivity contribution is -0.387. The van der Waals surface area contributed by atoms with Gasteiger partial charge in [-0.15, -0.1) is 0 Å². The second kappa shape index (κ2) is 6.33. The van der Waals surface area contributed by atoms with Gasteiger partial charge in [0, 0.05) is 6.07 Å². The number of hydrogen-bond donors (Lipinski definition) is 4. The molecule has 9 heteroatoms. The van der Waals surface area contributed by atoms with Gasteiger partial charge in [-0.05, 0) is 6.07 Å². The fourth-order valence-electron chi connectivity index (χ4n) is 2.00. The molecule has 4 N–H and O–H groups in total. The zero-order chi connectivity index (χ0) is 15.6. The molecule has 0 spiro atoms. The number of benzene rings is 1. The average Bonchev–Trinajstić information content (AvgIpc) is 2.48. The zero-order valence-corrected chi connectivity index (χ0v) is 10.8. The van der Waals surface area contributed by atoms with Crippen LogP contribution in [0.5, 0.6) is 5.75 Å². The minimum absolute atomic E-state index is 0.160. The number of rotatable bonds is 4. The molecule has 0 aliphatic carbocycles. The van der Waals surface area contributed by atoms with Crippen molar-refractivity contribution in [1.82, 2.24) is 0 Å². The average molecular weight is 302 g/mol. The van der Waals surface area contributed by atoms with Crippen molar-refractivity contribution < 1.29 is 34.8 Å². The van der Waals surface area contributed by atoms with Crippen LogP contribution in [-0.4, -0.2) is 62.7 Å². The predicted molar refractivity (Wildman–Crippen MR) is 67.5 cm³/mol. The maximum absolute atomic E-state index is 10.9. The summed E-state index contributed by atoms with van der Waals surface area (Å²) in [5.74, 6) is -0.160. The Bertz CT molecular complexity index is 508. The molecule has 5 atom stereocenters. The van der Waals surface area contributed by atoms with Crippen molar-refractivity contribution in [2.75, 3.05) is 6.61 Å². The first-order valence-corrected chi connectivity index (χ1v) is 6.16. The highest BCUT2D eigenvalue weighted by atomic mass is 16.8. The number of para-hydroxylation sites is 2. The Morgan fingerprint density at radius 3 is 2.48 bits per heavy atom. The van der Waals surface area contributed by atoms with Crippen LogP contribution < -0.4 is 4.74 Å². The van der Waals surface area contributed by atoms with Crippen molar-refractivity contribution in [3.8, 4) is 5.75 Å². The van der Waals surface area contributed by atoms with E-state index in [9.17, 15) is 25.4 Å². The van der Waals surface area contributed by atoms with Gasteiger partial charge >= 0.3 is 5.69 Å². The van der Waals surface area contributed by atoms with E-state index < -0.39 is 42.2 Å². The quantitative estimate of drug-likeness (QED) is 0.308. The number of ether oxygens (including phenoxy) is 2. The van der Waals surface area contributed by atoms with Crippen molar-refractivity contribution >= 4 is 5.69 Å². The molecule has 0 bridgehead atoms. The molecule has 9 nitrogen and oxygen atoms in total. The van der Waals surface area contributed by atoms with E-state index in [-0.39, 0.29) is 11.4 Å². The van der Waals surface area contributed by atoms with Gasteiger partial charge < -0.3 is 29.9 Å². The maximum Gasteiger partial charge on any atom is 0.311 e. The van der Waals surface area contributed by atoms with Crippen LogP contribution in [0.15, 0.2) is 24.3 Å². The number of aliphatic hydroxyl groups is 4. The summed E-state index contributed by atoms with van der Waals surface area (Å²) in [5, 5.41) is 49.0. The molecule has 0 amide bonds. The van der Waals surface area contributed by atoms with Gasteiger partial charge in [0.1, 0.15) is 24.4 Å². The van der Waals surface area contributed by atoms with Crippen molar-refractivity contribution in [2.24, 2.45) is 0 Å². The summed E-state index contributed by atoms with van der Waals surface area (Å²) in [4.78, 5) is 10.2. The van der Waals surface area contributed by atoms with Crippen LogP contribution in [0.4, 0.5) is 5.69 Å². The van der Waals surface area contributed by atoms with E-state index in [2.05, 4.69) is 0 Å². The minimum Gasteiger partial charge on any atom is -0.455 e. The Morgan fingerprint density at radius 1 is 1.19 bits per heavy atom. The Morgan fingerprint density at radius 2 is 1.86 bits per heavy atom. The molecule has 0 unspecified atom stereocenters. The molecule has 1 aliphatic heterocycles. The van der Waals surface area contributed by atoms with E-state index in [4.69, 9.17) is 14.6 Å².